The Kier molecular flexibility index (Phi) is 8.33. The van der Waals surface area contributed by atoms with E-state index in [1.54, 1.807) is 0 Å². The third-order valence-electron chi connectivity index (χ3n) is 2.68. The van der Waals surface area contributed by atoms with Gasteiger partial charge in [0, 0.05) is 22.6 Å². The molecule has 0 saturated carbocycles. The highest BCUT2D eigenvalue weighted by Crippen LogP contribution is 2.64. The molecule has 0 spiro atoms. The van der Waals surface area contributed by atoms with Crippen molar-refractivity contribution in [3.8, 4) is 0 Å². The van der Waals surface area contributed by atoms with Gasteiger partial charge in [0.1, 0.15) is 0 Å². The summed E-state index contributed by atoms with van der Waals surface area (Å²) < 4.78 is 206. The first kappa shape index (κ1) is 31.0. The molecule has 0 atom stereocenters. The Morgan fingerprint density at radius 1 is 0.467 bits per heavy atom. The van der Waals surface area contributed by atoms with Crippen LogP contribution < -0.4 is 11.5 Å². The van der Waals surface area contributed by atoms with Gasteiger partial charge in [0.25, 0.3) is 0 Å². The van der Waals surface area contributed by atoms with Gasteiger partial charge >= 0.3 is 45.6 Å². The first-order valence-electron chi connectivity index (χ1n) is 5.98. The molecule has 0 rings (SSSR count). The Morgan fingerprint density at radius 3 is 0.800 bits per heavy atom. The van der Waals surface area contributed by atoms with Gasteiger partial charge in [-0.1, -0.05) is 0 Å². The second-order valence-electron chi connectivity index (χ2n) is 4.90. The molecular formula is C9H5F17IN3. The quantitative estimate of drug-likeness (QED) is 0.128. The van der Waals surface area contributed by atoms with Crippen LogP contribution in [0.4, 0.5) is 74.6 Å². The largest absolute Gasteiger partial charge is 0.460 e. The number of hydrogen-bond acceptors (Lipinski definition) is 1. The van der Waals surface area contributed by atoms with E-state index in [-0.39, 0.29) is 5.96 Å². The van der Waals surface area contributed by atoms with Gasteiger partial charge in [0.05, 0.1) is 0 Å². The van der Waals surface area contributed by atoms with Crippen molar-refractivity contribution in [3.05, 3.63) is 0 Å². The molecule has 0 unspecified atom stereocenters. The maximum atomic E-state index is 12.9. The molecule has 0 radical (unpaired) electrons. The molecule has 0 aromatic rings. The number of hydrogen-bond donors (Lipinski definition) is 3. The van der Waals surface area contributed by atoms with Crippen LogP contribution >= 0.6 is 22.6 Å². The zero-order valence-corrected chi connectivity index (χ0v) is 15.1. The van der Waals surface area contributed by atoms with Crippen LogP contribution in [-0.2, 0) is 0 Å². The first-order chi connectivity index (χ1) is 12.5. The lowest BCUT2D eigenvalue weighted by atomic mass is 9.91. The van der Waals surface area contributed by atoms with Crippen LogP contribution in [0.3, 0.4) is 0 Å². The summed E-state index contributed by atoms with van der Waals surface area (Å²) in [4.78, 5) is 0. The minimum atomic E-state index is -8.56. The van der Waals surface area contributed by atoms with Gasteiger partial charge in [-0.15, -0.1) is 0 Å². The van der Waals surface area contributed by atoms with Gasteiger partial charge in [-0.05, 0) is 0 Å². The average molecular weight is 605 g/mol. The Bertz CT molecular complexity index is 567. The van der Waals surface area contributed by atoms with Crippen molar-refractivity contribution >= 4 is 28.6 Å². The fourth-order valence-corrected chi connectivity index (χ4v) is 1.48. The molecule has 0 aliphatic rings. The zero-order chi connectivity index (χ0) is 25.6. The summed E-state index contributed by atoms with van der Waals surface area (Å²) in [5.41, 5.74) is 8.94. The predicted molar refractivity (Wildman–Crippen MR) is 70.8 cm³/mol. The van der Waals surface area contributed by atoms with Crippen molar-refractivity contribution in [1.29, 1.82) is 5.41 Å². The molecule has 21 heteroatoms. The smallest absolute Gasteiger partial charge is 0.370 e. The number of guanidine groups is 1. The Balaban J connectivity index is 0. The number of nitrogens with two attached hydrogens (primary N) is 2. The van der Waals surface area contributed by atoms with Crippen molar-refractivity contribution in [2.75, 3.05) is 0 Å². The third-order valence-corrected chi connectivity index (χ3v) is 3.36. The topological polar surface area (TPSA) is 75.9 Å². The molecule has 3 nitrogen and oxygen atoms in total. The summed E-state index contributed by atoms with van der Waals surface area (Å²) in [7, 11) is 0. The van der Waals surface area contributed by atoms with Crippen molar-refractivity contribution in [3.63, 3.8) is 0 Å². The summed E-state index contributed by atoms with van der Waals surface area (Å²) in [6, 6.07) is 0. The fourth-order valence-electron chi connectivity index (χ4n) is 1.14. The molecule has 0 saturated heterocycles. The maximum absolute atomic E-state index is 12.9. The van der Waals surface area contributed by atoms with Gasteiger partial charge in [-0.25, -0.2) is 0 Å². The molecule has 0 aromatic heterocycles. The summed E-state index contributed by atoms with van der Waals surface area (Å²) in [5, 5.41) is 6.06. The van der Waals surface area contributed by atoms with Crippen molar-refractivity contribution in [1.82, 2.24) is 0 Å². The van der Waals surface area contributed by atoms with Crippen molar-refractivity contribution < 1.29 is 74.6 Å². The van der Waals surface area contributed by atoms with Gasteiger partial charge < -0.3 is 11.5 Å². The van der Waals surface area contributed by atoms with Crippen LogP contribution in [0.25, 0.3) is 0 Å². The van der Waals surface area contributed by atoms with Crippen LogP contribution in [0.2, 0.25) is 0 Å². The van der Waals surface area contributed by atoms with Crippen LogP contribution in [0.15, 0.2) is 0 Å². The van der Waals surface area contributed by atoms with Gasteiger partial charge in [0.2, 0.25) is 0 Å². The SMILES string of the molecule is FC(F)(F)C(F)(F)C(F)(F)C(F)(F)C(F)(F)C(F)(F)C(F)(F)C(F)(F)I.N=C(N)N. The minimum Gasteiger partial charge on any atom is -0.370 e. The van der Waals surface area contributed by atoms with Crippen LogP contribution in [0, 0.1) is 5.41 Å². The van der Waals surface area contributed by atoms with E-state index in [1.807, 2.05) is 0 Å². The van der Waals surface area contributed by atoms with Gasteiger partial charge in [-0.3, -0.25) is 5.41 Å². The summed E-state index contributed by atoms with van der Waals surface area (Å²) in [5.74, 6) is -49.7. The minimum absolute atomic E-state index is 0.333. The van der Waals surface area contributed by atoms with Crippen molar-refractivity contribution in [2.24, 2.45) is 11.5 Å². The van der Waals surface area contributed by atoms with E-state index in [2.05, 4.69) is 11.5 Å². The lowest BCUT2D eigenvalue weighted by molar-refractivity contribution is -0.457. The van der Waals surface area contributed by atoms with E-state index in [9.17, 15) is 74.6 Å². The molecule has 0 aromatic carbocycles. The molecule has 0 aliphatic carbocycles. The molecule has 0 aliphatic heterocycles. The molecular weight excluding hydrogens is 600 g/mol. The second kappa shape index (κ2) is 8.06. The second-order valence-corrected chi connectivity index (χ2v) is 6.25. The summed E-state index contributed by atoms with van der Waals surface area (Å²) in [6.07, 6.45) is -7.74. The van der Waals surface area contributed by atoms with E-state index in [0.717, 1.165) is 0 Å². The zero-order valence-electron chi connectivity index (χ0n) is 13.0. The molecule has 0 fully saturated rings. The van der Waals surface area contributed by atoms with Crippen LogP contribution in [-0.4, -0.2) is 51.6 Å². The lowest BCUT2D eigenvalue weighted by Gasteiger charge is -2.42. The van der Waals surface area contributed by atoms with Gasteiger partial charge in [-0.2, -0.15) is 74.6 Å². The number of nitrogens with one attached hydrogen (secondary N) is 1. The van der Waals surface area contributed by atoms with Crippen LogP contribution in [0.5, 0.6) is 0 Å². The van der Waals surface area contributed by atoms with E-state index in [0.29, 0.717) is 0 Å². The standard InChI is InChI=1S/C8F17I.CH5N3/c9-1(10,3(13,14)5(17,18)7(21,22)23)2(11,12)4(15,16)6(19,20)8(24,25)26;2-1(3)4/h;(H5,2,3,4). The number of halogens is 18. The van der Waals surface area contributed by atoms with E-state index in [1.165, 1.54) is 0 Å². The highest BCUT2D eigenvalue weighted by molar-refractivity contribution is 14.1. The van der Waals surface area contributed by atoms with Crippen LogP contribution in [0.1, 0.15) is 0 Å². The summed E-state index contributed by atoms with van der Waals surface area (Å²) in [6.45, 7) is 0. The van der Waals surface area contributed by atoms with E-state index in [4.69, 9.17) is 5.41 Å². The molecule has 0 heterocycles. The Hall–Kier alpha value is -1.19. The first-order valence-corrected chi connectivity index (χ1v) is 7.06. The van der Waals surface area contributed by atoms with Gasteiger partial charge in [0.15, 0.2) is 5.96 Å². The monoisotopic (exact) mass is 605 g/mol. The molecule has 5 N–H and O–H groups in total. The third kappa shape index (κ3) is 4.67. The highest BCUT2D eigenvalue weighted by atomic mass is 127. The predicted octanol–water partition coefficient (Wildman–Crippen LogP) is 5.23. The fraction of sp³-hybridized carbons (Fsp3) is 0.889. The average Bonchev–Trinajstić information content (AvgIpc) is 2.42. The number of alkyl halides is 18. The van der Waals surface area contributed by atoms with E-state index >= 15 is 0 Å². The van der Waals surface area contributed by atoms with Crippen molar-refractivity contribution in [2.45, 2.75) is 45.6 Å². The molecule has 30 heavy (non-hydrogen) atoms. The molecule has 0 amide bonds. The Labute approximate surface area is 166 Å². The molecule has 182 valence electrons. The molecule has 0 bridgehead atoms. The normalized spacial score (nSPS) is 15.4. The maximum Gasteiger partial charge on any atom is 0.460 e. The van der Waals surface area contributed by atoms with E-state index < -0.39 is 68.2 Å². The summed E-state index contributed by atoms with van der Waals surface area (Å²) >= 11 is -0.994. The lowest BCUT2D eigenvalue weighted by Crippen LogP contribution is -2.74. The Morgan fingerprint density at radius 2 is 0.633 bits per heavy atom. The number of rotatable bonds is 6. The highest BCUT2D eigenvalue weighted by Gasteiger charge is 2.95.